The van der Waals surface area contributed by atoms with Crippen molar-refractivity contribution in [2.75, 3.05) is 26.8 Å². The summed E-state index contributed by atoms with van der Waals surface area (Å²) < 4.78 is 23.9. The van der Waals surface area contributed by atoms with E-state index in [2.05, 4.69) is 11.8 Å². The SMILES string of the molecule is COc1cc([N+](=O)[O-])ccc1OCC(=O)N1C[C@@H](C)N(Cc2ccc(F)cc2)C[C@@H]1C. The first-order valence-corrected chi connectivity index (χ1v) is 10.0. The molecule has 0 spiro atoms. The summed E-state index contributed by atoms with van der Waals surface area (Å²) in [7, 11) is 1.39. The lowest BCUT2D eigenvalue weighted by molar-refractivity contribution is -0.384. The molecule has 2 atom stereocenters. The standard InChI is InChI=1S/C22H26FN3O5/c1-15-12-25(16(2)11-24(15)13-17-4-6-18(23)7-5-17)22(27)14-31-20-9-8-19(26(28)29)10-21(20)30-3/h4-10,15-16H,11-14H2,1-3H3/t15-,16+/m1/s1. The Morgan fingerprint density at radius 1 is 1.13 bits per heavy atom. The van der Waals surface area contributed by atoms with Gasteiger partial charge in [-0.15, -0.1) is 0 Å². The van der Waals surface area contributed by atoms with E-state index in [1.807, 2.05) is 6.92 Å². The van der Waals surface area contributed by atoms with Crippen molar-refractivity contribution in [3.63, 3.8) is 0 Å². The van der Waals surface area contributed by atoms with Crippen LogP contribution in [0.1, 0.15) is 19.4 Å². The first-order chi connectivity index (χ1) is 14.8. The summed E-state index contributed by atoms with van der Waals surface area (Å²) in [5.74, 6) is 0.0519. The molecule has 1 heterocycles. The predicted molar refractivity (Wildman–Crippen MR) is 113 cm³/mol. The van der Waals surface area contributed by atoms with Crippen LogP contribution < -0.4 is 9.47 Å². The minimum Gasteiger partial charge on any atom is -0.493 e. The van der Waals surface area contributed by atoms with Gasteiger partial charge in [0.15, 0.2) is 18.1 Å². The van der Waals surface area contributed by atoms with E-state index in [-0.39, 0.29) is 47.6 Å². The zero-order valence-corrected chi connectivity index (χ0v) is 17.8. The Kier molecular flexibility index (Phi) is 7.06. The second-order valence-electron chi connectivity index (χ2n) is 7.68. The topological polar surface area (TPSA) is 85.2 Å². The van der Waals surface area contributed by atoms with Crippen LogP contribution in [-0.2, 0) is 11.3 Å². The molecule has 0 saturated carbocycles. The van der Waals surface area contributed by atoms with Crippen molar-refractivity contribution < 1.29 is 23.6 Å². The van der Waals surface area contributed by atoms with Gasteiger partial charge in [-0.2, -0.15) is 0 Å². The zero-order valence-electron chi connectivity index (χ0n) is 17.8. The number of nitro groups is 1. The van der Waals surface area contributed by atoms with Gasteiger partial charge in [0.05, 0.1) is 18.1 Å². The van der Waals surface area contributed by atoms with Gasteiger partial charge in [-0.25, -0.2) is 4.39 Å². The molecule has 0 N–H and O–H groups in total. The molecule has 166 valence electrons. The van der Waals surface area contributed by atoms with Gasteiger partial charge >= 0.3 is 0 Å². The van der Waals surface area contributed by atoms with Gasteiger partial charge in [0, 0.05) is 37.8 Å². The van der Waals surface area contributed by atoms with Crippen molar-refractivity contribution in [3.8, 4) is 11.5 Å². The number of benzene rings is 2. The molecule has 8 nitrogen and oxygen atoms in total. The summed E-state index contributed by atoms with van der Waals surface area (Å²) >= 11 is 0. The number of hydrogen-bond acceptors (Lipinski definition) is 6. The third-order valence-electron chi connectivity index (χ3n) is 5.44. The van der Waals surface area contributed by atoms with E-state index < -0.39 is 4.92 Å². The molecule has 0 unspecified atom stereocenters. The quantitative estimate of drug-likeness (QED) is 0.494. The summed E-state index contributed by atoms with van der Waals surface area (Å²) in [5.41, 5.74) is 0.907. The predicted octanol–water partition coefficient (Wildman–Crippen LogP) is 3.24. The second kappa shape index (κ2) is 9.74. The molecule has 3 rings (SSSR count). The van der Waals surface area contributed by atoms with Gasteiger partial charge in [-0.05, 0) is 37.6 Å². The van der Waals surface area contributed by atoms with Crippen LogP contribution in [0.4, 0.5) is 10.1 Å². The maximum Gasteiger partial charge on any atom is 0.273 e. The fourth-order valence-corrected chi connectivity index (χ4v) is 3.70. The monoisotopic (exact) mass is 431 g/mol. The van der Waals surface area contributed by atoms with E-state index >= 15 is 0 Å². The van der Waals surface area contributed by atoms with Gasteiger partial charge in [-0.3, -0.25) is 19.8 Å². The highest BCUT2D eigenvalue weighted by atomic mass is 19.1. The Balaban J connectivity index is 1.59. The van der Waals surface area contributed by atoms with Crippen LogP contribution in [0, 0.1) is 15.9 Å². The molecule has 0 aromatic heterocycles. The maximum absolute atomic E-state index is 13.1. The molecule has 1 saturated heterocycles. The van der Waals surface area contributed by atoms with Crippen molar-refractivity contribution in [2.24, 2.45) is 0 Å². The molecule has 2 aromatic carbocycles. The van der Waals surface area contributed by atoms with Gasteiger partial charge in [0.2, 0.25) is 0 Å². The summed E-state index contributed by atoms with van der Waals surface area (Å²) in [5, 5.41) is 10.9. The molecule has 9 heteroatoms. The van der Waals surface area contributed by atoms with Crippen LogP contribution in [0.3, 0.4) is 0 Å². The summed E-state index contributed by atoms with van der Waals surface area (Å²) in [6.07, 6.45) is 0. The average molecular weight is 431 g/mol. The Labute approximate surface area is 180 Å². The number of nitro benzene ring substituents is 1. The molecule has 1 fully saturated rings. The highest BCUT2D eigenvalue weighted by Gasteiger charge is 2.32. The zero-order chi connectivity index (χ0) is 22.5. The lowest BCUT2D eigenvalue weighted by atomic mass is 10.1. The number of ether oxygens (including phenoxy) is 2. The highest BCUT2D eigenvalue weighted by Crippen LogP contribution is 2.31. The van der Waals surface area contributed by atoms with Crippen LogP contribution in [0.2, 0.25) is 0 Å². The Bertz CT molecular complexity index is 937. The van der Waals surface area contributed by atoms with Gasteiger partial charge in [-0.1, -0.05) is 12.1 Å². The molecule has 1 aliphatic rings. The number of rotatable bonds is 7. The summed E-state index contributed by atoms with van der Waals surface area (Å²) in [6, 6.07) is 10.5. The number of piperazine rings is 1. The number of halogens is 1. The average Bonchev–Trinajstić information content (AvgIpc) is 2.75. The number of methoxy groups -OCH3 is 1. The third-order valence-corrected chi connectivity index (χ3v) is 5.44. The molecule has 0 radical (unpaired) electrons. The normalized spacial score (nSPS) is 19.2. The van der Waals surface area contributed by atoms with Crippen molar-refractivity contribution in [3.05, 3.63) is 64.0 Å². The van der Waals surface area contributed by atoms with E-state index in [0.29, 0.717) is 19.6 Å². The minimum absolute atomic E-state index is 0.0218. The Morgan fingerprint density at radius 3 is 2.48 bits per heavy atom. The fourth-order valence-electron chi connectivity index (χ4n) is 3.70. The smallest absolute Gasteiger partial charge is 0.273 e. The van der Waals surface area contributed by atoms with Crippen LogP contribution in [0.5, 0.6) is 11.5 Å². The lowest BCUT2D eigenvalue weighted by Gasteiger charge is -2.44. The molecule has 31 heavy (non-hydrogen) atoms. The van der Waals surface area contributed by atoms with E-state index in [0.717, 1.165) is 5.56 Å². The molecular weight excluding hydrogens is 405 g/mol. The Hall–Kier alpha value is -3.20. The minimum atomic E-state index is -0.522. The van der Waals surface area contributed by atoms with Gasteiger partial charge in [0.1, 0.15) is 5.82 Å². The number of nitrogens with zero attached hydrogens (tertiary/aromatic N) is 3. The van der Waals surface area contributed by atoms with Crippen molar-refractivity contribution in [1.82, 2.24) is 9.80 Å². The van der Waals surface area contributed by atoms with Gasteiger partial charge < -0.3 is 14.4 Å². The van der Waals surface area contributed by atoms with Crippen molar-refractivity contribution >= 4 is 11.6 Å². The van der Waals surface area contributed by atoms with Gasteiger partial charge in [0.25, 0.3) is 11.6 Å². The number of non-ortho nitro benzene ring substituents is 1. The van der Waals surface area contributed by atoms with E-state index in [4.69, 9.17) is 9.47 Å². The van der Waals surface area contributed by atoms with E-state index in [9.17, 15) is 19.3 Å². The molecular formula is C22H26FN3O5. The number of carbonyl (C=O) groups is 1. The van der Waals surface area contributed by atoms with Crippen LogP contribution in [-0.4, -0.2) is 59.5 Å². The first-order valence-electron chi connectivity index (χ1n) is 10.0. The maximum atomic E-state index is 13.1. The molecule has 1 amide bonds. The largest absolute Gasteiger partial charge is 0.493 e. The molecule has 0 aliphatic carbocycles. The van der Waals surface area contributed by atoms with Crippen molar-refractivity contribution in [1.29, 1.82) is 0 Å². The summed E-state index contributed by atoms with van der Waals surface area (Å²) in [4.78, 5) is 27.2. The number of carbonyl (C=O) groups excluding carboxylic acids is 1. The van der Waals surface area contributed by atoms with Crippen molar-refractivity contribution in [2.45, 2.75) is 32.5 Å². The lowest BCUT2D eigenvalue weighted by Crippen LogP contribution is -2.58. The summed E-state index contributed by atoms with van der Waals surface area (Å²) in [6.45, 7) is 5.75. The molecule has 0 bridgehead atoms. The Morgan fingerprint density at radius 2 is 1.84 bits per heavy atom. The van der Waals surface area contributed by atoms with E-state index in [1.54, 1.807) is 17.0 Å². The first kappa shape index (κ1) is 22.5. The highest BCUT2D eigenvalue weighted by molar-refractivity contribution is 5.78. The van der Waals surface area contributed by atoms with E-state index in [1.165, 1.54) is 37.4 Å². The molecule has 2 aromatic rings. The van der Waals surface area contributed by atoms with Crippen LogP contribution in [0.15, 0.2) is 42.5 Å². The number of hydrogen-bond donors (Lipinski definition) is 0. The van der Waals surface area contributed by atoms with Crippen LogP contribution in [0.25, 0.3) is 0 Å². The third kappa shape index (κ3) is 5.49. The van der Waals surface area contributed by atoms with Crippen LogP contribution >= 0.6 is 0 Å². The molecule has 1 aliphatic heterocycles. The fraction of sp³-hybridized carbons (Fsp3) is 0.409. The number of amides is 1. The second-order valence-corrected chi connectivity index (χ2v) is 7.68.